The molecular weight excluding hydrogens is 624 g/mol. The van der Waals surface area contributed by atoms with Gasteiger partial charge in [-0.1, -0.05) is 43.1 Å². The van der Waals surface area contributed by atoms with Crippen LogP contribution in [0.3, 0.4) is 0 Å². The third-order valence-corrected chi connectivity index (χ3v) is 8.14. The average molecular weight is 654 g/mol. The molecule has 0 saturated carbocycles. The van der Waals surface area contributed by atoms with Gasteiger partial charge in [0, 0.05) is 31.8 Å². The summed E-state index contributed by atoms with van der Waals surface area (Å²) in [5, 5.41) is 3.62. The first kappa shape index (κ1) is 29.7. The largest absolute Gasteiger partial charge is 0.352 e. The van der Waals surface area contributed by atoms with E-state index in [1.165, 1.54) is 4.90 Å². The van der Waals surface area contributed by atoms with E-state index < -0.39 is 28.5 Å². The van der Waals surface area contributed by atoms with E-state index in [-0.39, 0.29) is 18.5 Å². The van der Waals surface area contributed by atoms with Crippen molar-refractivity contribution in [3.05, 3.63) is 61.6 Å². The molecule has 0 spiro atoms. The first-order chi connectivity index (χ1) is 16.4. The van der Waals surface area contributed by atoms with Crippen LogP contribution in [0.15, 0.2) is 42.5 Å². The molecule has 2 amide bonds. The number of sulfonamides is 1. The Kier molecular flexibility index (Phi) is 11.1. The number of benzene rings is 2. The molecule has 192 valence electrons. The summed E-state index contributed by atoms with van der Waals surface area (Å²) in [5.41, 5.74) is 0.841. The standard InChI is InChI=1S/C24H30Cl2IN3O4S/c1-5-16(3)28-24(32)22(6-2)29(14-19-20(25)8-7-9-21(19)26)23(31)15-30(35(4,33)34)18-12-10-17(27)11-13-18/h7-13,16,22H,5-6,14-15H2,1-4H3,(H,28,32)/t16-,22-/m0/s1. The van der Waals surface area contributed by atoms with Crippen LogP contribution in [0, 0.1) is 3.57 Å². The molecule has 0 unspecified atom stereocenters. The Morgan fingerprint density at radius 1 is 1.03 bits per heavy atom. The van der Waals surface area contributed by atoms with E-state index in [4.69, 9.17) is 23.2 Å². The van der Waals surface area contributed by atoms with Gasteiger partial charge in [-0.15, -0.1) is 0 Å². The van der Waals surface area contributed by atoms with Gasteiger partial charge in [0.15, 0.2) is 0 Å². The van der Waals surface area contributed by atoms with Crippen LogP contribution in [-0.2, 0) is 26.2 Å². The van der Waals surface area contributed by atoms with Crippen molar-refractivity contribution >= 4 is 73.3 Å². The second kappa shape index (κ2) is 13.1. The maximum atomic E-state index is 13.7. The molecular formula is C24H30Cl2IN3O4S. The highest BCUT2D eigenvalue weighted by atomic mass is 127. The van der Waals surface area contributed by atoms with Crippen molar-refractivity contribution in [1.29, 1.82) is 0 Å². The van der Waals surface area contributed by atoms with Gasteiger partial charge in [-0.05, 0) is 78.8 Å². The maximum absolute atomic E-state index is 13.7. The smallest absolute Gasteiger partial charge is 0.244 e. The molecule has 2 aromatic carbocycles. The molecule has 0 fully saturated rings. The Hall–Kier alpha value is -1.56. The summed E-state index contributed by atoms with van der Waals surface area (Å²) in [6.45, 7) is 5.10. The zero-order valence-electron chi connectivity index (χ0n) is 20.1. The molecule has 1 N–H and O–H groups in total. The van der Waals surface area contributed by atoms with Crippen molar-refractivity contribution in [2.24, 2.45) is 0 Å². The third-order valence-electron chi connectivity index (χ3n) is 5.57. The molecule has 0 aliphatic heterocycles. The molecule has 0 aromatic heterocycles. The summed E-state index contributed by atoms with van der Waals surface area (Å²) in [5.74, 6) is -0.866. The number of rotatable bonds is 11. The van der Waals surface area contributed by atoms with Gasteiger partial charge < -0.3 is 10.2 Å². The van der Waals surface area contributed by atoms with E-state index in [9.17, 15) is 18.0 Å². The molecule has 0 aliphatic carbocycles. The van der Waals surface area contributed by atoms with Crippen LogP contribution in [0.1, 0.15) is 39.2 Å². The van der Waals surface area contributed by atoms with Crippen LogP contribution in [0.5, 0.6) is 0 Å². The average Bonchev–Trinajstić information content (AvgIpc) is 2.78. The third kappa shape index (κ3) is 8.23. The van der Waals surface area contributed by atoms with Crippen LogP contribution < -0.4 is 9.62 Å². The normalized spacial score (nSPS) is 13.1. The van der Waals surface area contributed by atoms with E-state index >= 15 is 0 Å². The summed E-state index contributed by atoms with van der Waals surface area (Å²) >= 11 is 14.9. The van der Waals surface area contributed by atoms with E-state index in [1.807, 2.05) is 13.8 Å². The second-order valence-electron chi connectivity index (χ2n) is 8.21. The lowest BCUT2D eigenvalue weighted by Crippen LogP contribution is -2.53. The summed E-state index contributed by atoms with van der Waals surface area (Å²) in [6, 6.07) is 10.9. The topological polar surface area (TPSA) is 86.8 Å². The van der Waals surface area contributed by atoms with Gasteiger partial charge in [-0.25, -0.2) is 8.42 Å². The SMILES string of the molecule is CC[C@H](C)NC(=O)[C@H](CC)N(Cc1c(Cl)cccc1Cl)C(=O)CN(c1ccc(I)cc1)S(C)(=O)=O. The van der Waals surface area contributed by atoms with Crippen molar-refractivity contribution in [3.8, 4) is 0 Å². The Morgan fingerprint density at radius 2 is 1.60 bits per heavy atom. The molecule has 0 aliphatic rings. The zero-order valence-corrected chi connectivity index (χ0v) is 24.6. The Bertz CT molecular complexity index is 1130. The molecule has 2 rings (SSSR count). The van der Waals surface area contributed by atoms with Gasteiger partial charge in [-0.2, -0.15) is 0 Å². The monoisotopic (exact) mass is 653 g/mol. The first-order valence-electron chi connectivity index (χ1n) is 11.1. The van der Waals surface area contributed by atoms with Gasteiger partial charge in [0.25, 0.3) is 0 Å². The van der Waals surface area contributed by atoms with Gasteiger partial charge in [0.1, 0.15) is 12.6 Å². The number of halogens is 3. The van der Waals surface area contributed by atoms with Crippen molar-refractivity contribution in [1.82, 2.24) is 10.2 Å². The van der Waals surface area contributed by atoms with Gasteiger partial charge in [0.05, 0.1) is 11.9 Å². The number of carbonyl (C=O) groups excluding carboxylic acids is 2. The highest BCUT2D eigenvalue weighted by molar-refractivity contribution is 14.1. The van der Waals surface area contributed by atoms with Crippen LogP contribution in [-0.4, -0.2) is 50.0 Å². The highest BCUT2D eigenvalue weighted by Gasteiger charge is 2.32. The summed E-state index contributed by atoms with van der Waals surface area (Å²) < 4.78 is 27.2. The van der Waals surface area contributed by atoms with E-state index in [1.54, 1.807) is 49.4 Å². The van der Waals surface area contributed by atoms with Gasteiger partial charge in [-0.3, -0.25) is 13.9 Å². The molecule has 7 nitrogen and oxygen atoms in total. The number of carbonyl (C=O) groups is 2. The van der Waals surface area contributed by atoms with E-state index in [0.29, 0.717) is 27.7 Å². The minimum Gasteiger partial charge on any atom is -0.352 e. The lowest BCUT2D eigenvalue weighted by atomic mass is 10.1. The van der Waals surface area contributed by atoms with Gasteiger partial charge >= 0.3 is 0 Å². The first-order valence-corrected chi connectivity index (χ1v) is 14.8. The Morgan fingerprint density at radius 3 is 2.09 bits per heavy atom. The zero-order chi connectivity index (χ0) is 26.3. The van der Waals surface area contributed by atoms with Gasteiger partial charge in [0.2, 0.25) is 21.8 Å². The molecule has 0 saturated heterocycles. The van der Waals surface area contributed by atoms with Crippen molar-refractivity contribution < 1.29 is 18.0 Å². The fourth-order valence-corrected chi connectivity index (χ4v) is 5.16. The van der Waals surface area contributed by atoms with Crippen LogP contribution in [0.4, 0.5) is 5.69 Å². The predicted molar refractivity (Wildman–Crippen MR) is 150 cm³/mol. The number of hydrogen-bond donors (Lipinski definition) is 1. The number of anilines is 1. The van der Waals surface area contributed by atoms with Crippen LogP contribution >= 0.6 is 45.8 Å². The molecule has 11 heteroatoms. The highest BCUT2D eigenvalue weighted by Crippen LogP contribution is 2.28. The van der Waals surface area contributed by atoms with Crippen LogP contribution in [0.25, 0.3) is 0 Å². The predicted octanol–water partition coefficient (Wildman–Crippen LogP) is 5.09. The van der Waals surface area contributed by atoms with Crippen molar-refractivity contribution in [2.75, 3.05) is 17.1 Å². The molecule has 35 heavy (non-hydrogen) atoms. The van der Waals surface area contributed by atoms with Crippen molar-refractivity contribution in [3.63, 3.8) is 0 Å². The second-order valence-corrected chi connectivity index (χ2v) is 12.2. The quantitative estimate of drug-likeness (QED) is 0.343. The minimum atomic E-state index is -3.79. The molecule has 2 atom stereocenters. The summed E-state index contributed by atoms with van der Waals surface area (Å²) in [7, 11) is -3.79. The maximum Gasteiger partial charge on any atom is 0.244 e. The number of nitrogens with one attached hydrogen (secondary N) is 1. The lowest BCUT2D eigenvalue weighted by molar-refractivity contribution is -0.140. The molecule has 0 heterocycles. The molecule has 2 aromatic rings. The van der Waals surface area contributed by atoms with E-state index in [0.717, 1.165) is 20.6 Å². The molecule has 0 bridgehead atoms. The van der Waals surface area contributed by atoms with Crippen molar-refractivity contribution in [2.45, 2.75) is 52.2 Å². The summed E-state index contributed by atoms with van der Waals surface area (Å²) in [6.07, 6.45) is 2.08. The Balaban J connectivity index is 2.49. The Labute approximate surface area is 231 Å². The van der Waals surface area contributed by atoms with Crippen LogP contribution in [0.2, 0.25) is 10.0 Å². The fraction of sp³-hybridized carbons (Fsp3) is 0.417. The molecule has 0 radical (unpaired) electrons. The van der Waals surface area contributed by atoms with E-state index in [2.05, 4.69) is 27.9 Å². The minimum absolute atomic E-state index is 0.0476. The fourth-order valence-electron chi connectivity index (χ4n) is 3.44. The number of nitrogens with zero attached hydrogens (tertiary/aromatic N) is 2. The number of amides is 2. The number of hydrogen-bond acceptors (Lipinski definition) is 4. The summed E-state index contributed by atoms with van der Waals surface area (Å²) in [4.78, 5) is 28.2. The lowest BCUT2D eigenvalue weighted by Gasteiger charge is -2.33.